The summed E-state index contributed by atoms with van der Waals surface area (Å²) in [4.78, 5) is 11.6. The molecular weight excluding hydrogens is 218 g/mol. The summed E-state index contributed by atoms with van der Waals surface area (Å²) in [6, 6.07) is 5.60. The second-order valence-corrected chi connectivity index (χ2v) is 4.93. The molecule has 1 aromatic heterocycles. The molecule has 1 heterocycles. The Morgan fingerprint density at radius 2 is 2.12 bits per heavy atom. The summed E-state index contributed by atoms with van der Waals surface area (Å²) < 4.78 is 5.25. The molecule has 5 heteroatoms. The molecule has 2 rings (SSSR count). The van der Waals surface area contributed by atoms with E-state index in [-0.39, 0.29) is 12.6 Å². The van der Waals surface area contributed by atoms with Crippen molar-refractivity contribution in [2.75, 3.05) is 0 Å². The van der Waals surface area contributed by atoms with Crippen LogP contribution in [0.15, 0.2) is 18.2 Å². The molecule has 5 nitrogen and oxygen atoms in total. The van der Waals surface area contributed by atoms with Crippen LogP contribution in [0.3, 0.4) is 0 Å². The van der Waals surface area contributed by atoms with Crippen LogP contribution in [0.4, 0.5) is 0 Å². The van der Waals surface area contributed by atoms with Gasteiger partial charge in [-0.3, -0.25) is 4.79 Å². The first-order valence-corrected chi connectivity index (χ1v) is 5.44. The van der Waals surface area contributed by atoms with Gasteiger partial charge >= 0.3 is 5.97 Å². The Hall–Kier alpha value is -1.91. The summed E-state index contributed by atoms with van der Waals surface area (Å²) in [5.41, 5.74) is 1.88. The van der Waals surface area contributed by atoms with Gasteiger partial charge in [-0.05, 0) is 26.8 Å². The van der Waals surface area contributed by atoms with Crippen molar-refractivity contribution >= 4 is 17.0 Å². The number of para-hydroxylation sites is 1. The first kappa shape index (κ1) is 11.6. The number of nitrogens with zero attached hydrogens (tertiary/aromatic N) is 2. The van der Waals surface area contributed by atoms with Crippen molar-refractivity contribution in [2.24, 2.45) is 5.41 Å². The highest BCUT2D eigenvalue weighted by atomic mass is 16.5. The van der Waals surface area contributed by atoms with E-state index in [2.05, 4.69) is 15.4 Å². The predicted octanol–water partition coefficient (Wildman–Crippen LogP) is 2.05. The fourth-order valence-corrected chi connectivity index (χ4v) is 1.40. The van der Waals surface area contributed by atoms with Crippen molar-refractivity contribution in [3.8, 4) is 0 Å². The molecule has 0 spiro atoms. The molecule has 2 aromatic rings. The number of aromatic nitrogens is 3. The molecule has 0 atom stereocenters. The number of nitrogens with one attached hydrogen (secondary N) is 1. The monoisotopic (exact) mass is 233 g/mol. The number of carbonyl (C=O) groups excluding carboxylic acids is 1. The van der Waals surface area contributed by atoms with Gasteiger partial charge in [0.15, 0.2) is 0 Å². The number of aromatic amines is 1. The minimum atomic E-state index is -0.488. The zero-order valence-electron chi connectivity index (χ0n) is 10.2. The predicted molar refractivity (Wildman–Crippen MR) is 63.1 cm³/mol. The van der Waals surface area contributed by atoms with Gasteiger partial charge in [0.1, 0.15) is 17.6 Å². The van der Waals surface area contributed by atoms with Gasteiger partial charge in [0, 0.05) is 5.56 Å². The summed E-state index contributed by atoms with van der Waals surface area (Å²) in [5, 5.41) is 10.6. The first-order valence-electron chi connectivity index (χ1n) is 5.44. The fourth-order valence-electron chi connectivity index (χ4n) is 1.40. The zero-order valence-corrected chi connectivity index (χ0v) is 10.2. The molecule has 90 valence electrons. The lowest BCUT2D eigenvalue weighted by Gasteiger charge is -2.16. The number of esters is 1. The quantitative estimate of drug-likeness (QED) is 0.806. The Labute approximate surface area is 99.2 Å². The van der Waals surface area contributed by atoms with Gasteiger partial charge in [0.2, 0.25) is 0 Å². The molecule has 0 amide bonds. The maximum absolute atomic E-state index is 11.6. The second kappa shape index (κ2) is 4.16. The van der Waals surface area contributed by atoms with Crippen molar-refractivity contribution in [3.05, 3.63) is 23.8 Å². The highest BCUT2D eigenvalue weighted by Crippen LogP contribution is 2.19. The molecule has 0 aliphatic carbocycles. The van der Waals surface area contributed by atoms with Crippen LogP contribution in [0, 0.1) is 5.41 Å². The molecule has 0 fully saturated rings. The van der Waals surface area contributed by atoms with Gasteiger partial charge in [-0.1, -0.05) is 12.1 Å². The van der Waals surface area contributed by atoms with E-state index in [0.717, 1.165) is 16.6 Å². The van der Waals surface area contributed by atoms with Gasteiger partial charge in [-0.25, -0.2) is 0 Å². The Morgan fingerprint density at radius 1 is 1.35 bits per heavy atom. The molecular formula is C12H15N3O2. The summed E-state index contributed by atoms with van der Waals surface area (Å²) in [6.45, 7) is 5.70. The third-order valence-corrected chi connectivity index (χ3v) is 2.40. The molecule has 0 saturated heterocycles. The third kappa shape index (κ3) is 2.43. The molecule has 0 aliphatic heterocycles. The topological polar surface area (TPSA) is 67.9 Å². The van der Waals surface area contributed by atoms with E-state index < -0.39 is 5.41 Å². The molecule has 0 unspecified atom stereocenters. The molecule has 0 saturated carbocycles. The number of hydrogen-bond acceptors (Lipinski definition) is 4. The van der Waals surface area contributed by atoms with Crippen LogP contribution >= 0.6 is 0 Å². The molecule has 0 radical (unpaired) electrons. The maximum Gasteiger partial charge on any atom is 0.311 e. The SMILES string of the molecule is CC(C)(C)C(=O)OCc1cccc2n[nH]nc12. The lowest BCUT2D eigenvalue weighted by Crippen LogP contribution is -2.22. The van der Waals surface area contributed by atoms with Crippen LogP contribution in [-0.4, -0.2) is 21.4 Å². The van der Waals surface area contributed by atoms with Gasteiger partial charge in [-0.15, -0.1) is 0 Å². The van der Waals surface area contributed by atoms with Gasteiger partial charge in [0.25, 0.3) is 0 Å². The van der Waals surface area contributed by atoms with Crippen LogP contribution in [0.1, 0.15) is 26.3 Å². The minimum absolute atomic E-state index is 0.222. The maximum atomic E-state index is 11.6. The van der Waals surface area contributed by atoms with Gasteiger partial charge in [-0.2, -0.15) is 15.4 Å². The average molecular weight is 233 g/mol. The van der Waals surface area contributed by atoms with E-state index >= 15 is 0 Å². The van der Waals surface area contributed by atoms with Crippen LogP contribution in [0.5, 0.6) is 0 Å². The van der Waals surface area contributed by atoms with Crippen molar-refractivity contribution in [1.29, 1.82) is 0 Å². The Kier molecular flexibility index (Phi) is 2.83. The lowest BCUT2D eigenvalue weighted by molar-refractivity contribution is -0.154. The molecule has 0 aliphatic rings. The normalized spacial score (nSPS) is 11.7. The minimum Gasteiger partial charge on any atom is -0.460 e. The van der Waals surface area contributed by atoms with E-state index in [1.165, 1.54) is 0 Å². The number of rotatable bonds is 2. The Balaban J connectivity index is 2.14. The van der Waals surface area contributed by atoms with E-state index in [4.69, 9.17) is 4.74 Å². The highest BCUT2D eigenvalue weighted by Gasteiger charge is 2.23. The number of fused-ring (bicyclic) bond motifs is 1. The molecule has 1 aromatic carbocycles. The summed E-state index contributed by atoms with van der Waals surface area (Å²) in [5.74, 6) is -0.224. The molecule has 0 bridgehead atoms. The molecule has 17 heavy (non-hydrogen) atoms. The van der Waals surface area contributed by atoms with Crippen LogP contribution in [-0.2, 0) is 16.1 Å². The first-order chi connectivity index (χ1) is 7.98. The Bertz CT molecular complexity index is 540. The van der Waals surface area contributed by atoms with Crippen LogP contribution in [0.25, 0.3) is 11.0 Å². The Morgan fingerprint density at radius 3 is 2.82 bits per heavy atom. The summed E-state index contributed by atoms with van der Waals surface area (Å²) in [7, 11) is 0. The van der Waals surface area contributed by atoms with Crippen LogP contribution in [0.2, 0.25) is 0 Å². The van der Waals surface area contributed by atoms with E-state index in [1.807, 2.05) is 39.0 Å². The van der Waals surface area contributed by atoms with E-state index in [9.17, 15) is 4.79 Å². The summed E-state index contributed by atoms with van der Waals surface area (Å²) >= 11 is 0. The zero-order chi connectivity index (χ0) is 12.5. The standard InChI is InChI=1S/C12H15N3O2/c1-12(2,3)11(16)17-7-8-5-4-6-9-10(8)14-15-13-9/h4-6H,7H2,1-3H3,(H,13,14,15). The van der Waals surface area contributed by atoms with Crippen molar-refractivity contribution in [3.63, 3.8) is 0 Å². The molecule has 1 N–H and O–H groups in total. The van der Waals surface area contributed by atoms with Crippen molar-refractivity contribution in [1.82, 2.24) is 15.4 Å². The van der Waals surface area contributed by atoms with Crippen molar-refractivity contribution in [2.45, 2.75) is 27.4 Å². The largest absolute Gasteiger partial charge is 0.460 e. The number of H-pyrrole nitrogens is 1. The number of hydrogen-bond donors (Lipinski definition) is 1. The summed E-state index contributed by atoms with van der Waals surface area (Å²) in [6.07, 6.45) is 0. The third-order valence-electron chi connectivity index (χ3n) is 2.40. The average Bonchev–Trinajstić information content (AvgIpc) is 2.72. The lowest BCUT2D eigenvalue weighted by atomic mass is 9.97. The van der Waals surface area contributed by atoms with E-state index in [1.54, 1.807) is 0 Å². The van der Waals surface area contributed by atoms with Crippen LogP contribution < -0.4 is 0 Å². The van der Waals surface area contributed by atoms with Crippen molar-refractivity contribution < 1.29 is 9.53 Å². The number of carbonyl (C=O) groups is 1. The number of benzene rings is 1. The fraction of sp³-hybridized carbons (Fsp3) is 0.417. The second-order valence-electron chi connectivity index (χ2n) is 4.93. The smallest absolute Gasteiger partial charge is 0.311 e. The highest BCUT2D eigenvalue weighted by molar-refractivity contribution is 5.78. The van der Waals surface area contributed by atoms with Gasteiger partial charge in [0.05, 0.1) is 5.41 Å². The number of ether oxygens (including phenoxy) is 1. The van der Waals surface area contributed by atoms with Gasteiger partial charge < -0.3 is 4.74 Å². The van der Waals surface area contributed by atoms with E-state index in [0.29, 0.717) is 0 Å².